The molecule has 0 atom stereocenters. The molecule has 0 N–H and O–H groups in total. The van der Waals surface area contributed by atoms with Gasteiger partial charge in [-0.3, -0.25) is 0 Å². The molecule has 0 aliphatic rings. The highest BCUT2D eigenvalue weighted by Crippen LogP contribution is 2.45. The number of fused-ring (bicyclic) bond motifs is 3. The van der Waals surface area contributed by atoms with Gasteiger partial charge in [-0.1, -0.05) is 133 Å². The predicted molar refractivity (Wildman–Crippen MR) is 197 cm³/mol. The zero-order chi connectivity index (χ0) is 33.3. The second-order valence-electron chi connectivity index (χ2n) is 11.8. The van der Waals surface area contributed by atoms with Gasteiger partial charge in [0.2, 0.25) is 0 Å². The van der Waals surface area contributed by atoms with Crippen LogP contribution in [0.3, 0.4) is 0 Å². The Balaban J connectivity index is 1.56. The largest absolute Gasteiger partial charge is 0.307 e. The number of nitriles is 3. The molecule has 0 spiro atoms. The molecule has 226 valence electrons. The Hall–Kier alpha value is -7.19. The summed E-state index contributed by atoms with van der Waals surface area (Å²) in [6.07, 6.45) is 0. The Kier molecular flexibility index (Phi) is 7.28. The zero-order valence-electron chi connectivity index (χ0n) is 26.3. The molecule has 8 aromatic rings. The molecule has 8 rings (SSSR count). The van der Waals surface area contributed by atoms with Crippen molar-refractivity contribution in [2.24, 2.45) is 0 Å². The Morgan fingerprint density at radius 3 is 1.04 bits per heavy atom. The Bertz CT molecular complexity index is 2480. The van der Waals surface area contributed by atoms with Crippen LogP contribution in [-0.2, 0) is 0 Å². The molecule has 0 unspecified atom stereocenters. The minimum atomic E-state index is 0.275. The fraction of sp³-hybridized carbons (Fsp3) is 0. The number of hydrogen-bond donors (Lipinski definition) is 0. The van der Waals surface area contributed by atoms with Crippen molar-refractivity contribution in [1.29, 1.82) is 15.8 Å². The van der Waals surface area contributed by atoms with E-state index in [1.54, 1.807) is 0 Å². The second-order valence-corrected chi connectivity index (χ2v) is 11.8. The van der Waals surface area contributed by atoms with Gasteiger partial charge in [0, 0.05) is 21.9 Å². The molecule has 0 bridgehead atoms. The first-order chi connectivity index (χ1) is 24.2. The average Bonchev–Trinajstić information content (AvgIpc) is 3.50. The second kappa shape index (κ2) is 12.2. The van der Waals surface area contributed by atoms with Crippen molar-refractivity contribution in [2.45, 2.75) is 0 Å². The van der Waals surface area contributed by atoms with E-state index in [-0.39, 0.29) is 11.1 Å². The normalized spacial score (nSPS) is 10.8. The van der Waals surface area contributed by atoms with Crippen molar-refractivity contribution >= 4 is 21.8 Å². The van der Waals surface area contributed by atoms with E-state index in [2.05, 4.69) is 78.9 Å². The van der Waals surface area contributed by atoms with Gasteiger partial charge in [0.25, 0.3) is 0 Å². The van der Waals surface area contributed by atoms with Crippen LogP contribution >= 0.6 is 0 Å². The maximum Gasteiger partial charge on any atom is 0.102 e. The molecule has 1 heterocycles. The van der Waals surface area contributed by atoms with Crippen LogP contribution in [0.25, 0.3) is 72.0 Å². The number of rotatable bonds is 5. The van der Waals surface area contributed by atoms with Crippen LogP contribution in [0.2, 0.25) is 0 Å². The molecule has 1 aromatic heterocycles. The molecule has 0 aliphatic carbocycles. The monoisotopic (exact) mass is 622 g/mol. The van der Waals surface area contributed by atoms with Crippen molar-refractivity contribution < 1.29 is 0 Å². The summed E-state index contributed by atoms with van der Waals surface area (Å²) < 4.78 is 2.05. The third kappa shape index (κ3) is 4.83. The smallest absolute Gasteiger partial charge is 0.102 e. The van der Waals surface area contributed by atoms with Crippen LogP contribution < -0.4 is 0 Å². The van der Waals surface area contributed by atoms with Crippen molar-refractivity contribution in [2.75, 3.05) is 0 Å². The quantitative estimate of drug-likeness (QED) is 0.192. The number of hydrogen-bond acceptors (Lipinski definition) is 3. The van der Waals surface area contributed by atoms with E-state index < -0.39 is 0 Å². The molecule has 4 nitrogen and oxygen atoms in total. The summed E-state index contributed by atoms with van der Waals surface area (Å²) in [7, 11) is 0. The molecule has 49 heavy (non-hydrogen) atoms. The lowest BCUT2D eigenvalue weighted by molar-refractivity contribution is 1.15. The van der Waals surface area contributed by atoms with E-state index in [0.29, 0.717) is 22.4 Å². The molecule has 0 saturated heterocycles. The number of benzene rings is 7. The molecule has 7 aromatic carbocycles. The lowest BCUT2D eigenvalue weighted by atomic mass is 9.84. The minimum absolute atomic E-state index is 0.275. The first-order valence-corrected chi connectivity index (χ1v) is 16.0. The Labute approximate surface area is 284 Å². The van der Waals surface area contributed by atoms with Crippen LogP contribution in [-0.4, -0.2) is 4.57 Å². The fourth-order valence-electron chi connectivity index (χ4n) is 6.96. The maximum absolute atomic E-state index is 11.0. The molecule has 4 heteroatoms. The Morgan fingerprint density at radius 1 is 0.347 bits per heavy atom. The standard InChI is InChI=1S/C45H26N4/c46-27-38-43(32-17-9-3-10-18-32)39(28-47)45(40(29-48)44(38)33-19-11-4-12-20-33)49-41-23-21-34(30-13-5-1-6-14-30)25-36(41)37-26-35(22-24-42(37)49)31-15-7-2-8-16-31/h1-26H. The van der Waals surface area contributed by atoms with Gasteiger partial charge in [-0.2, -0.15) is 15.8 Å². The van der Waals surface area contributed by atoms with Crippen molar-refractivity contribution in [3.63, 3.8) is 0 Å². The topological polar surface area (TPSA) is 76.3 Å². The zero-order valence-corrected chi connectivity index (χ0v) is 26.3. The van der Waals surface area contributed by atoms with E-state index >= 15 is 0 Å². The van der Waals surface area contributed by atoms with Gasteiger partial charge in [0.05, 0.1) is 33.4 Å². The van der Waals surface area contributed by atoms with Crippen LogP contribution in [0.4, 0.5) is 0 Å². The highest BCUT2D eigenvalue weighted by molar-refractivity contribution is 6.12. The lowest BCUT2D eigenvalue weighted by Gasteiger charge is -2.21. The first-order valence-electron chi connectivity index (χ1n) is 16.0. The van der Waals surface area contributed by atoms with Gasteiger partial charge in [-0.05, 0) is 57.6 Å². The third-order valence-corrected chi connectivity index (χ3v) is 9.14. The van der Waals surface area contributed by atoms with E-state index in [1.165, 1.54) is 0 Å². The van der Waals surface area contributed by atoms with E-state index in [1.807, 2.05) is 102 Å². The Morgan fingerprint density at radius 2 is 0.694 bits per heavy atom. The van der Waals surface area contributed by atoms with Crippen LogP contribution in [0.5, 0.6) is 0 Å². The molecular weight excluding hydrogens is 597 g/mol. The van der Waals surface area contributed by atoms with Gasteiger partial charge in [0.15, 0.2) is 0 Å². The van der Waals surface area contributed by atoms with Gasteiger partial charge in [0.1, 0.15) is 18.2 Å². The van der Waals surface area contributed by atoms with Crippen LogP contribution in [0.15, 0.2) is 158 Å². The summed E-state index contributed by atoms with van der Waals surface area (Å²) in [5.74, 6) is 0. The number of aromatic nitrogens is 1. The summed E-state index contributed by atoms with van der Waals surface area (Å²) in [5, 5.41) is 34.7. The third-order valence-electron chi connectivity index (χ3n) is 9.14. The van der Waals surface area contributed by atoms with E-state index in [9.17, 15) is 15.8 Å². The fourth-order valence-corrected chi connectivity index (χ4v) is 6.96. The highest BCUT2D eigenvalue weighted by atomic mass is 15.0. The summed E-state index contributed by atoms with van der Waals surface area (Å²) in [5.41, 5.74) is 9.82. The predicted octanol–water partition coefficient (Wildman–Crippen LogP) is 11.1. The van der Waals surface area contributed by atoms with Crippen molar-refractivity contribution in [3.05, 3.63) is 174 Å². The lowest BCUT2D eigenvalue weighted by Crippen LogP contribution is -2.08. The maximum atomic E-state index is 11.0. The molecule has 0 saturated carbocycles. The van der Waals surface area contributed by atoms with E-state index in [4.69, 9.17) is 0 Å². The molecule has 0 fully saturated rings. The average molecular weight is 623 g/mol. The van der Waals surface area contributed by atoms with Crippen LogP contribution in [0, 0.1) is 34.0 Å². The summed E-state index contributed by atoms with van der Waals surface area (Å²) in [6, 6.07) is 59.6. The number of nitrogens with zero attached hydrogens (tertiary/aromatic N) is 4. The summed E-state index contributed by atoms with van der Waals surface area (Å²) in [6.45, 7) is 0. The molecule has 0 aliphatic heterocycles. The molecular formula is C45H26N4. The van der Waals surface area contributed by atoms with Crippen molar-refractivity contribution in [1.82, 2.24) is 4.57 Å². The highest BCUT2D eigenvalue weighted by Gasteiger charge is 2.29. The van der Waals surface area contributed by atoms with Gasteiger partial charge in [-0.15, -0.1) is 0 Å². The van der Waals surface area contributed by atoms with Crippen LogP contribution in [0.1, 0.15) is 16.7 Å². The van der Waals surface area contributed by atoms with Gasteiger partial charge >= 0.3 is 0 Å². The summed E-state index contributed by atoms with van der Waals surface area (Å²) in [4.78, 5) is 0. The SMILES string of the molecule is N#Cc1c(-c2ccccc2)c(C#N)c(-n2c3ccc(-c4ccccc4)cc3c3cc(-c4ccccc4)ccc32)c(C#N)c1-c1ccccc1. The van der Waals surface area contributed by atoms with Gasteiger partial charge in [-0.25, -0.2) is 0 Å². The first kappa shape index (κ1) is 29.2. The molecule has 0 amide bonds. The van der Waals surface area contributed by atoms with Crippen molar-refractivity contribution in [3.8, 4) is 68.4 Å². The summed E-state index contributed by atoms with van der Waals surface area (Å²) >= 11 is 0. The minimum Gasteiger partial charge on any atom is -0.307 e. The van der Waals surface area contributed by atoms with Gasteiger partial charge < -0.3 is 4.57 Å². The van der Waals surface area contributed by atoms with E-state index in [0.717, 1.165) is 55.2 Å². The molecule has 0 radical (unpaired) electrons.